The monoisotopic (exact) mass is 622 g/mol. The zero-order chi connectivity index (χ0) is 31.8. The molecule has 0 atom stereocenters. The molecule has 0 spiro atoms. The maximum absolute atomic E-state index is 6.28. The normalized spacial score (nSPS) is 12.5. The van der Waals surface area contributed by atoms with Crippen molar-refractivity contribution >= 4 is 92.6 Å². The maximum Gasteiger partial charge on any atom is 0.136 e. The number of nitrogens with zero attached hydrogens (tertiary/aromatic N) is 2. The molecule has 0 N–H and O–H groups in total. The highest BCUT2D eigenvalue weighted by Gasteiger charge is 2.24. The number of aromatic nitrogens is 2. The van der Waals surface area contributed by atoms with Gasteiger partial charge < -0.3 is 13.4 Å². The van der Waals surface area contributed by atoms with Crippen molar-refractivity contribution in [1.29, 1.82) is 0 Å². The first-order valence-corrected chi connectivity index (χ1v) is 16.9. The number of furan rings is 1. The van der Waals surface area contributed by atoms with Gasteiger partial charge in [0.05, 0.1) is 27.6 Å². The molecule has 0 aliphatic rings. The van der Waals surface area contributed by atoms with Crippen LogP contribution in [0, 0.1) is 0 Å². The minimum absolute atomic E-state index is 0.911. The van der Waals surface area contributed by atoms with Gasteiger partial charge >= 0.3 is 0 Å². The molecule has 0 saturated heterocycles. The van der Waals surface area contributed by atoms with E-state index in [4.69, 9.17) is 4.42 Å². The molecule has 12 rings (SSSR count). The van der Waals surface area contributed by atoms with Gasteiger partial charge in [-0.25, -0.2) is 0 Å². The van der Waals surface area contributed by atoms with Crippen LogP contribution in [-0.2, 0) is 0 Å². The first-order valence-electron chi connectivity index (χ1n) is 16.9. The topological polar surface area (TPSA) is 22.5 Å². The fourth-order valence-electron chi connectivity index (χ4n) is 8.87. The Labute approximate surface area is 279 Å². The van der Waals surface area contributed by atoms with Gasteiger partial charge in [0.1, 0.15) is 11.2 Å². The molecule has 226 valence electrons. The average Bonchev–Trinajstić information content (AvgIpc) is 3.79. The van der Waals surface area contributed by atoms with Gasteiger partial charge in [-0.15, -0.1) is 0 Å². The summed E-state index contributed by atoms with van der Waals surface area (Å²) in [6.07, 6.45) is 0. The standard InChI is InChI=1S/C46H26N2O/c1-2-13-31-27(10-1)22-23-35-33-17-8-19-38-43(33)44-39(25-24-34-32-14-3-5-18-37(32)48(45(31)35)46(34)44)47(38)29-12-7-11-28(26-29)30-16-9-21-41-42(30)36-15-4-6-20-40(36)49-41/h1-26H. The van der Waals surface area contributed by atoms with Crippen LogP contribution in [-0.4, -0.2) is 8.97 Å². The smallest absolute Gasteiger partial charge is 0.136 e. The third-order valence-electron chi connectivity index (χ3n) is 10.8. The van der Waals surface area contributed by atoms with Crippen molar-refractivity contribution in [2.75, 3.05) is 0 Å². The molecule has 3 heteroatoms. The van der Waals surface area contributed by atoms with Crippen molar-refractivity contribution in [3.63, 3.8) is 0 Å². The third-order valence-corrected chi connectivity index (χ3v) is 10.8. The molecule has 0 aliphatic carbocycles. The first kappa shape index (κ1) is 25.5. The number of hydrogen-bond acceptors (Lipinski definition) is 1. The Bertz CT molecular complexity index is 3340. The van der Waals surface area contributed by atoms with E-state index in [1.807, 2.05) is 6.07 Å². The van der Waals surface area contributed by atoms with E-state index in [0.717, 1.165) is 27.6 Å². The number of hydrogen-bond donors (Lipinski definition) is 0. The number of rotatable bonds is 2. The predicted molar refractivity (Wildman–Crippen MR) is 206 cm³/mol. The lowest BCUT2D eigenvalue weighted by molar-refractivity contribution is 0.669. The van der Waals surface area contributed by atoms with Crippen LogP contribution in [0.25, 0.3) is 109 Å². The molecular formula is C46H26N2O. The van der Waals surface area contributed by atoms with Gasteiger partial charge in [-0.05, 0) is 64.4 Å². The molecule has 0 fully saturated rings. The Kier molecular flexibility index (Phi) is 4.72. The van der Waals surface area contributed by atoms with Crippen LogP contribution in [0.4, 0.5) is 0 Å². The molecule has 4 aromatic heterocycles. The Hall–Kier alpha value is -6.58. The van der Waals surface area contributed by atoms with Crippen LogP contribution in [0.15, 0.2) is 162 Å². The molecule has 0 radical (unpaired) electrons. The molecule has 0 amide bonds. The number of fused-ring (bicyclic) bond motifs is 11. The quantitative estimate of drug-likeness (QED) is 0.188. The third kappa shape index (κ3) is 3.17. The maximum atomic E-state index is 6.28. The van der Waals surface area contributed by atoms with Gasteiger partial charge in [-0.2, -0.15) is 0 Å². The van der Waals surface area contributed by atoms with E-state index in [1.165, 1.54) is 81.8 Å². The zero-order valence-corrected chi connectivity index (χ0v) is 26.3. The van der Waals surface area contributed by atoms with Gasteiger partial charge in [0.15, 0.2) is 0 Å². The SMILES string of the molecule is c1cc(-c2cccc3oc4ccccc4c23)cc(-n2c3cccc4c5ccc6ccccc6c5n5c6ccccc6c6ccc2c(c43)c65)c1. The molecule has 0 bridgehead atoms. The average molecular weight is 623 g/mol. The van der Waals surface area contributed by atoms with E-state index >= 15 is 0 Å². The summed E-state index contributed by atoms with van der Waals surface area (Å²) in [5.41, 5.74) is 11.5. The van der Waals surface area contributed by atoms with Crippen LogP contribution in [0.1, 0.15) is 0 Å². The van der Waals surface area contributed by atoms with Crippen molar-refractivity contribution in [1.82, 2.24) is 8.97 Å². The van der Waals surface area contributed by atoms with Crippen molar-refractivity contribution in [3.05, 3.63) is 158 Å². The van der Waals surface area contributed by atoms with Crippen LogP contribution >= 0.6 is 0 Å². The fraction of sp³-hybridized carbons (Fsp3) is 0. The van der Waals surface area contributed by atoms with Crippen molar-refractivity contribution in [3.8, 4) is 16.8 Å². The summed E-state index contributed by atoms with van der Waals surface area (Å²) in [6.45, 7) is 0. The van der Waals surface area contributed by atoms with Gasteiger partial charge in [0.2, 0.25) is 0 Å². The molecule has 8 aromatic carbocycles. The molecule has 12 aromatic rings. The molecule has 0 saturated carbocycles. The van der Waals surface area contributed by atoms with Crippen LogP contribution in [0.2, 0.25) is 0 Å². The lowest BCUT2D eigenvalue weighted by Gasteiger charge is -2.12. The molecule has 4 heterocycles. The van der Waals surface area contributed by atoms with Gasteiger partial charge in [0.25, 0.3) is 0 Å². The van der Waals surface area contributed by atoms with E-state index in [2.05, 4.69) is 161 Å². The fourth-order valence-corrected chi connectivity index (χ4v) is 8.87. The van der Waals surface area contributed by atoms with Crippen LogP contribution < -0.4 is 0 Å². The van der Waals surface area contributed by atoms with Crippen molar-refractivity contribution in [2.45, 2.75) is 0 Å². The second-order valence-electron chi connectivity index (χ2n) is 13.3. The lowest BCUT2D eigenvalue weighted by Crippen LogP contribution is -1.95. The largest absolute Gasteiger partial charge is 0.456 e. The summed E-state index contributed by atoms with van der Waals surface area (Å²) in [5.74, 6) is 0. The summed E-state index contributed by atoms with van der Waals surface area (Å²) in [7, 11) is 0. The van der Waals surface area contributed by atoms with E-state index in [9.17, 15) is 0 Å². The zero-order valence-electron chi connectivity index (χ0n) is 26.3. The van der Waals surface area contributed by atoms with Gasteiger partial charge in [-0.3, -0.25) is 0 Å². The highest BCUT2D eigenvalue weighted by molar-refractivity contribution is 6.34. The Balaban J connectivity index is 1.26. The predicted octanol–water partition coefficient (Wildman–Crippen LogP) is 12.7. The highest BCUT2D eigenvalue weighted by Crippen LogP contribution is 2.46. The van der Waals surface area contributed by atoms with E-state index in [-0.39, 0.29) is 0 Å². The van der Waals surface area contributed by atoms with Crippen LogP contribution in [0.5, 0.6) is 0 Å². The molecule has 3 nitrogen and oxygen atoms in total. The van der Waals surface area contributed by atoms with E-state index < -0.39 is 0 Å². The van der Waals surface area contributed by atoms with E-state index in [1.54, 1.807) is 0 Å². The minimum Gasteiger partial charge on any atom is -0.456 e. The highest BCUT2D eigenvalue weighted by atomic mass is 16.3. The molecular weight excluding hydrogens is 597 g/mol. The number of benzene rings is 8. The first-order chi connectivity index (χ1) is 24.3. The van der Waals surface area contributed by atoms with Crippen LogP contribution in [0.3, 0.4) is 0 Å². The summed E-state index contributed by atoms with van der Waals surface area (Å²) in [4.78, 5) is 0. The Morgan fingerprint density at radius 3 is 2.04 bits per heavy atom. The minimum atomic E-state index is 0.911. The molecule has 49 heavy (non-hydrogen) atoms. The Morgan fingerprint density at radius 1 is 0.388 bits per heavy atom. The second kappa shape index (κ2) is 9.06. The van der Waals surface area contributed by atoms with E-state index in [0.29, 0.717) is 0 Å². The molecule has 0 unspecified atom stereocenters. The van der Waals surface area contributed by atoms with Crippen molar-refractivity contribution < 1.29 is 4.42 Å². The number of para-hydroxylation sites is 2. The van der Waals surface area contributed by atoms with Gasteiger partial charge in [0, 0.05) is 48.8 Å². The molecule has 0 aliphatic heterocycles. The summed E-state index contributed by atoms with van der Waals surface area (Å²) in [6, 6.07) is 57.5. The summed E-state index contributed by atoms with van der Waals surface area (Å²) >= 11 is 0. The summed E-state index contributed by atoms with van der Waals surface area (Å²) in [5, 5.41) is 12.5. The van der Waals surface area contributed by atoms with Gasteiger partial charge in [-0.1, -0.05) is 115 Å². The summed E-state index contributed by atoms with van der Waals surface area (Å²) < 4.78 is 11.3. The second-order valence-corrected chi connectivity index (χ2v) is 13.3. The van der Waals surface area contributed by atoms with Crippen molar-refractivity contribution in [2.24, 2.45) is 0 Å². The lowest BCUT2D eigenvalue weighted by atomic mass is 9.99. The Morgan fingerprint density at radius 2 is 1.08 bits per heavy atom.